The molecule has 1 saturated carbocycles. The number of hydrogen-bond donors (Lipinski definition) is 2. The minimum absolute atomic E-state index is 0.00781. The average Bonchev–Trinajstić information content (AvgIpc) is 3.02. The molecule has 206 valence electrons. The van der Waals surface area contributed by atoms with Crippen LogP contribution in [0.5, 0.6) is 5.75 Å². The van der Waals surface area contributed by atoms with Crippen LogP contribution in [0.3, 0.4) is 0 Å². The molecule has 2 heterocycles. The molecule has 4 aliphatic rings. The fraction of sp³-hybridized carbons (Fsp3) is 0.448. The van der Waals surface area contributed by atoms with Crippen LogP contribution >= 0.6 is 11.6 Å². The number of amides is 2. The molecule has 2 aliphatic carbocycles. The number of sulfonamides is 1. The minimum atomic E-state index is -3.89. The smallest absolute Gasteiger partial charge is 0.264 e. The third kappa shape index (κ3) is 5.14. The second-order valence-electron chi connectivity index (χ2n) is 11.2. The van der Waals surface area contributed by atoms with E-state index in [4.69, 9.17) is 16.3 Å². The van der Waals surface area contributed by atoms with Gasteiger partial charge in [0.25, 0.3) is 5.91 Å². The minimum Gasteiger partial charge on any atom is -0.490 e. The van der Waals surface area contributed by atoms with E-state index < -0.39 is 15.9 Å². The Balaban J connectivity index is 1.42. The van der Waals surface area contributed by atoms with E-state index in [2.05, 4.69) is 21.0 Å². The molecule has 8 nitrogen and oxygen atoms in total. The number of carbonyl (C=O) groups excluding carboxylic acids is 2. The number of anilines is 1. The van der Waals surface area contributed by atoms with Gasteiger partial charge >= 0.3 is 0 Å². The number of carbonyl (C=O) groups is 2. The summed E-state index contributed by atoms with van der Waals surface area (Å²) in [5.74, 6) is -0.334. The molecule has 2 N–H and O–H groups in total. The van der Waals surface area contributed by atoms with Gasteiger partial charge in [-0.3, -0.25) is 9.59 Å². The molecule has 1 spiro atoms. The quantitative estimate of drug-likeness (QED) is 0.470. The first-order valence-corrected chi connectivity index (χ1v) is 15.5. The summed E-state index contributed by atoms with van der Waals surface area (Å²) < 4.78 is 33.7. The zero-order valence-electron chi connectivity index (χ0n) is 21.6. The maximum Gasteiger partial charge on any atom is 0.264 e. The molecule has 1 fully saturated rings. The molecule has 39 heavy (non-hydrogen) atoms. The lowest BCUT2D eigenvalue weighted by Crippen LogP contribution is -2.50. The molecular weight excluding hydrogens is 538 g/mol. The topological polar surface area (TPSA) is 105 Å². The van der Waals surface area contributed by atoms with Crippen LogP contribution in [0.4, 0.5) is 5.69 Å². The Labute approximate surface area is 233 Å². The first-order valence-electron chi connectivity index (χ1n) is 13.5. The molecule has 0 aromatic heterocycles. The third-order valence-corrected chi connectivity index (χ3v) is 10.00. The van der Waals surface area contributed by atoms with Crippen molar-refractivity contribution < 1.29 is 22.7 Å². The molecule has 2 bridgehead atoms. The Morgan fingerprint density at radius 2 is 1.95 bits per heavy atom. The predicted octanol–water partition coefficient (Wildman–Crippen LogP) is 3.58. The Morgan fingerprint density at radius 3 is 2.77 bits per heavy atom. The van der Waals surface area contributed by atoms with Gasteiger partial charge in [0.05, 0.1) is 18.0 Å². The molecule has 0 unspecified atom stereocenters. The van der Waals surface area contributed by atoms with Crippen LogP contribution in [0, 0.1) is 11.8 Å². The standard InChI is InChI=1S/C29H32ClN3O5S/c30-22-7-9-24-19(14-22)4-3-11-29(24)17-33-16-21-5-8-23(21)28(35)31-12-1-2-13-39(36,37)32-27(34)20-6-10-26(38-18-29)25(33)15-20/h1-2,6-7,9-10,14-15,21,23H,3-5,8,11-13,16-18H2,(H,31,35)(H,32,34)/b2-1+/t21-,23+,29-/m0/s1. The van der Waals surface area contributed by atoms with Crippen molar-refractivity contribution in [2.75, 3.05) is 36.9 Å². The Kier molecular flexibility index (Phi) is 6.83. The van der Waals surface area contributed by atoms with Crippen molar-refractivity contribution >= 4 is 39.1 Å². The van der Waals surface area contributed by atoms with E-state index in [-0.39, 0.29) is 41.0 Å². The number of ether oxygens (including phenoxy) is 1. The van der Waals surface area contributed by atoms with Gasteiger partial charge in [-0.15, -0.1) is 0 Å². The van der Waals surface area contributed by atoms with E-state index in [0.717, 1.165) is 42.8 Å². The number of benzene rings is 2. The largest absolute Gasteiger partial charge is 0.490 e. The van der Waals surface area contributed by atoms with Gasteiger partial charge in [-0.05, 0) is 79.5 Å². The number of rotatable bonds is 0. The predicted molar refractivity (Wildman–Crippen MR) is 150 cm³/mol. The summed E-state index contributed by atoms with van der Waals surface area (Å²) in [7, 11) is -3.89. The SMILES string of the molecule is O=C1NS(=O)(=O)C/C=C/CNC(=O)[C@@H]2CC[C@H]2CN2C[C@@]3(CCCc4cc(Cl)ccc43)COc3ccc1cc32. The van der Waals surface area contributed by atoms with Crippen molar-refractivity contribution in [3.8, 4) is 5.75 Å². The van der Waals surface area contributed by atoms with E-state index in [0.29, 0.717) is 25.4 Å². The second-order valence-corrected chi connectivity index (χ2v) is 13.4. The van der Waals surface area contributed by atoms with Crippen LogP contribution in [-0.4, -0.2) is 52.2 Å². The van der Waals surface area contributed by atoms with Gasteiger partial charge in [-0.1, -0.05) is 29.8 Å². The maximum atomic E-state index is 13.0. The summed E-state index contributed by atoms with van der Waals surface area (Å²) >= 11 is 6.35. The molecule has 10 heteroatoms. The third-order valence-electron chi connectivity index (χ3n) is 8.63. The van der Waals surface area contributed by atoms with Crippen molar-refractivity contribution in [2.45, 2.75) is 37.5 Å². The average molecular weight is 570 g/mol. The van der Waals surface area contributed by atoms with Gasteiger partial charge in [-0.2, -0.15) is 0 Å². The van der Waals surface area contributed by atoms with Crippen molar-refractivity contribution in [2.24, 2.45) is 11.8 Å². The Hall–Kier alpha value is -3.04. The van der Waals surface area contributed by atoms with Crippen LogP contribution < -0.4 is 19.7 Å². The van der Waals surface area contributed by atoms with Crippen LogP contribution in [0.2, 0.25) is 5.02 Å². The number of nitrogens with one attached hydrogen (secondary N) is 2. The Bertz CT molecular complexity index is 1460. The first-order chi connectivity index (χ1) is 18.7. The number of aryl methyl sites for hydroxylation is 1. The fourth-order valence-corrected chi connectivity index (χ4v) is 7.55. The molecule has 0 saturated heterocycles. The number of fused-ring (bicyclic) bond motifs is 4. The lowest BCUT2D eigenvalue weighted by molar-refractivity contribution is -0.129. The molecule has 2 aromatic rings. The monoisotopic (exact) mass is 569 g/mol. The van der Waals surface area contributed by atoms with Gasteiger partial charge in [-0.25, -0.2) is 13.1 Å². The summed E-state index contributed by atoms with van der Waals surface area (Å²) in [5.41, 5.74) is 3.18. The van der Waals surface area contributed by atoms with E-state index in [1.165, 1.54) is 17.2 Å². The zero-order valence-corrected chi connectivity index (χ0v) is 23.2. The van der Waals surface area contributed by atoms with Crippen molar-refractivity contribution in [1.29, 1.82) is 0 Å². The molecule has 2 aliphatic heterocycles. The van der Waals surface area contributed by atoms with E-state index >= 15 is 0 Å². The maximum absolute atomic E-state index is 13.0. The van der Waals surface area contributed by atoms with Gasteiger partial charge in [0.15, 0.2) is 0 Å². The van der Waals surface area contributed by atoms with Gasteiger partial charge in [0.2, 0.25) is 15.9 Å². The molecule has 2 amide bonds. The second kappa shape index (κ2) is 10.2. The molecule has 3 atom stereocenters. The lowest BCUT2D eigenvalue weighted by atomic mass is 9.69. The highest BCUT2D eigenvalue weighted by atomic mass is 35.5. The molecular formula is C29H32ClN3O5S. The molecule has 0 radical (unpaired) electrons. The van der Waals surface area contributed by atoms with Crippen LogP contribution in [0.15, 0.2) is 48.6 Å². The Morgan fingerprint density at radius 1 is 1.08 bits per heavy atom. The van der Waals surface area contributed by atoms with Crippen LogP contribution in [-0.2, 0) is 26.7 Å². The van der Waals surface area contributed by atoms with E-state index in [9.17, 15) is 18.0 Å². The zero-order chi connectivity index (χ0) is 27.2. The number of halogens is 1. The summed E-state index contributed by atoms with van der Waals surface area (Å²) in [6, 6.07) is 11.2. The van der Waals surface area contributed by atoms with Gasteiger partial charge < -0.3 is 15.0 Å². The lowest BCUT2D eigenvalue weighted by Gasteiger charge is -2.44. The van der Waals surface area contributed by atoms with Crippen molar-refractivity contribution in [1.82, 2.24) is 10.0 Å². The summed E-state index contributed by atoms with van der Waals surface area (Å²) in [6.07, 6.45) is 7.73. The van der Waals surface area contributed by atoms with Crippen molar-refractivity contribution in [3.05, 3.63) is 70.3 Å². The normalized spacial score (nSPS) is 29.0. The van der Waals surface area contributed by atoms with E-state index in [1.54, 1.807) is 24.3 Å². The van der Waals surface area contributed by atoms with Crippen LogP contribution in [0.25, 0.3) is 0 Å². The highest BCUT2D eigenvalue weighted by Crippen LogP contribution is 2.46. The highest BCUT2D eigenvalue weighted by Gasteiger charge is 2.44. The van der Waals surface area contributed by atoms with Gasteiger partial charge in [0.1, 0.15) is 5.75 Å². The van der Waals surface area contributed by atoms with E-state index in [1.807, 2.05) is 12.1 Å². The summed E-state index contributed by atoms with van der Waals surface area (Å²) in [5, 5.41) is 3.64. The highest BCUT2D eigenvalue weighted by molar-refractivity contribution is 7.90. The first kappa shape index (κ1) is 26.2. The van der Waals surface area contributed by atoms with Gasteiger partial charge in [0, 0.05) is 41.6 Å². The molecule has 6 rings (SSSR count). The molecule has 2 aromatic carbocycles. The van der Waals surface area contributed by atoms with Crippen LogP contribution in [0.1, 0.15) is 47.2 Å². The number of nitrogens with zero attached hydrogens (tertiary/aromatic N) is 1. The van der Waals surface area contributed by atoms with Crippen molar-refractivity contribution in [3.63, 3.8) is 0 Å². The number of hydrogen-bond acceptors (Lipinski definition) is 6. The summed E-state index contributed by atoms with van der Waals surface area (Å²) in [4.78, 5) is 28.2. The fourth-order valence-electron chi connectivity index (χ4n) is 6.48. The summed E-state index contributed by atoms with van der Waals surface area (Å²) in [6.45, 7) is 2.02.